The van der Waals surface area contributed by atoms with E-state index in [2.05, 4.69) is 21.1 Å². The number of hydrogen-bond acceptors (Lipinski definition) is 5. The van der Waals surface area contributed by atoms with Gasteiger partial charge in [0.2, 0.25) is 0 Å². The van der Waals surface area contributed by atoms with E-state index < -0.39 is 4.92 Å². The Balaban J connectivity index is 3.36. The molecule has 0 fully saturated rings. The van der Waals surface area contributed by atoms with Crippen LogP contribution in [0, 0.1) is 10.1 Å². The van der Waals surface area contributed by atoms with Gasteiger partial charge in [-0.2, -0.15) is 0 Å². The fourth-order valence-electron chi connectivity index (χ4n) is 1.28. The van der Waals surface area contributed by atoms with Gasteiger partial charge in [-0.1, -0.05) is 25.9 Å². The van der Waals surface area contributed by atoms with Crippen LogP contribution >= 0.6 is 27.7 Å². The number of thioether (sulfide) groups is 1. The molecule has 1 N–H and O–H groups in total. The molecule has 1 aromatic rings. The van der Waals surface area contributed by atoms with Gasteiger partial charge < -0.3 is 5.21 Å². The zero-order valence-electron chi connectivity index (χ0n) is 10.2. The van der Waals surface area contributed by atoms with Gasteiger partial charge in [0.05, 0.1) is 11.1 Å². The van der Waals surface area contributed by atoms with Crippen molar-refractivity contribution in [2.24, 2.45) is 5.16 Å². The molecule has 1 rings (SSSR count). The second-order valence-corrected chi connectivity index (χ2v) is 7.25. The lowest BCUT2D eigenvalue weighted by Crippen LogP contribution is -2.08. The van der Waals surface area contributed by atoms with E-state index >= 15 is 0 Å². The van der Waals surface area contributed by atoms with Crippen LogP contribution in [0.15, 0.2) is 26.7 Å². The Morgan fingerprint density at radius 3 is 2.56 bits per heavy atom. The maximum absolute atomic E-state index is 10.8. The molecule has 5 nitrogen and oxygen atoms in total. The van der Waals surface area contributed by atoms with Crippen molar-refractivity contribution in [3.05, 3.63) is 32.3 Å². The van der Waals surface area contributed by atoms with Crippen molar-refractivity contribution in [3.8, 4) is 0 Å². The third kappa shape index (κ3) is 3.99. The van der Waals surface area contributed by atoms with Crippen molar-refractivity contribution in [1.29, 1.82) is 0 Å². The van der Waals surface area contributed by atoms with Gasteiger partial charge in [0, 0.05) is 31.8 Å². The Morgan fingerprint density at radius 2 is 2.11 bits per heavy atom. The molecule has 98 valence electrons. The Kier molecular flexibility index (Phi) is 4.75. The summed E-state index contributed by atoms with van der Waals surface area (Å²) < 4.78 is 0.558. The van der Waals surface area contributed by atoms with E-state index in [4.69, 9.17) is 5.21 Å². The molecule has 0 radical (unpaired) electrons. The molecule has 0 saturated carbocycles. The number of halogens is 1. The predicted octanol–water partition coefficient (Wildman–Crippen LogP) is 4.06. The molecule has 18 heavy (non-hydrogen) atoms. The van der Waals surface area contributed by atoms with Gasteiger partial charge in [0.15, 0.2) is 0 Å². The molecule has 0 aliphatic rings. The first-order valence-corrected chi connectivity index (χ1v) is 6.70. The van der Waals surface area contributed by atoms with Crippen LogP contribution in [0.25, 0.3) is 0 Å². The van der Waals surface area contributed by atoms with Crippen molar-refractivity contribution < 1.29 is 10.1 Å². The summed E-state index contributed by atoms with van der Waals surface area (Å²) in [7, 11) is 0. The number of nitrogens with zero attached hydrogens (tertiary/aromatic N) is 2. The highest BCUT2D eigenvalue weighted by molar-refractivity contribution is 9.10. The fourth-order valence-corrected chi connectivity index (χ4v) is 2.98. The lowest BCUT2D eigenvalue weighted by molar-refractivity contribution is -0.385. The van der Waals surface area contributed by atoms with Crippen molar-refractivity contribution >= 4 is 39.6 Å². The van der Waals surface area contributed by atoms with Crippen molar-refractivity contribution in [2.45, 2.75) is 30.4 Å². The van der Waals surface area contributed by atoms with Crippen LogP contribution in [0.5, 0.6) is 0 Å². The lowest BCUT2D eigenvalue weighted by atomic mass is 10.2. The largest absolute Gasteiger partial charge is 0.411 e. The molecule has 0 unspecified atom stereocenters. The molecule has 0 heterocycles. The number of non-ortho nitro benzene ring substituents is 1. The van der Waals surface area contributed by atoms with E-state index in [0.717, 1.165) is 4.90 Å². The summed E-state index contributed by atoms with van der Waals surface area (Å²) in [6.45, 7) is 6.10. The smallest absolute Gasteiger partial charge is 0.271 e. The third-order valence-corrected chi connectivity index (χ3v) is 4.03. The second kappa shape index (κ2) is 5.71. The quantitative estimate of drug-likeness (QED) is 0.298. The molecular formula is C11H13BrN2O3S. The summed E-state index contributed by atoms with van der Waals surface area (Å²) in [5, 5.41) is 22.4. The van der Waals surface area contributed by atoms with Crippen molar-refractivity contribution in [3.63, 3.8) is 0 Å². The van der Waals surface area contributed by atoms with Gasteiger partial charge in [0.1, 0.15) is 0 Å². The maximum atomic E-state index is 10.8. The average Bonchev–Trinajstić information content (AvgIpc) is 2.21. The highest BCUT2D eigenvalue weighted by atomic mass is 79.9. The topological polar surface area (TPSA) is 75.7 Å². The van der Waals surface area contributed by atoms with E-state index in [1.807, 2.05) is 20.8 Å². The first-order chi connectivity index (χ1) is 8.24. The first kappa shape index (κ1) is 15.0. The molecule has 7 heteroatoms. The van der Waals surface area contributed by atoms with E-state index in [1.165, 1.54) is 18.3 Å². The Labute approximate surface area is 118 Å². The molecule has 0 amide bonds. The van der Waals surface area contributed by atoms with Crippen LogP contribution < -0.4 is 0 Å². The highest BCUT2D eigenvalue weighted by Gasteiger charge is 2.20. The number of nitro groups is 1. The van der Waals surface area contributed by atoms with Crippen molar-refractivity contribution in [2.75, 3.05) is 0 Å². The summed E-state index contributed by atoms with van der Waals surface area (Å²) in [6, 6.07) is 2.83. The van der Waals surface area contributed by atoms with Gasteiger partial charge in [0.25, 0.3) is 5.69 Å². The average molecular weight is 333 g/mol. The number of hydrogen-bond donors (Lipinski definition) is 1. The molecule has 1 aromatic carbocycles. The van der Waals surface area contributed by atoms with Gasteiger partial charge in [-0.15, -0.1) is 11.8 Å². The summed E-state index contributed by atoms with van der Waals surface area (Å²) in [5.41, 5.74) is 0.466. The monoisotopic (exact) mass is 332 g/mol. The van der Waals surface area contributed by atoms with Gasteiger partial charge in [-0.25, -0.2) is 0 Å². The minimum atomic E-state index is -0.481. The number of nitro benzene ring substituents is 1. The van der Waals surface area contributed by atoms with Gasteiger partial charge >= 0.3 is 0 Å². The normalized spacial score (nSPS) is 12.0. The minimum Gasteiger partial charge on any atom is -0.411 e. The minimum absolute atomic E-state index is 0.0463. The van der Waals surface area contributed by atoms with Crippen LogP contribution in [0.3, 0.4) is 0 Å². The van der Waals surface area contributed by atoms with Crippen LogP contribution in [0.4, 0.5) is 5.69 Å². The lowest BCUT2D eigenvalue weighted by Gasteiger charge is -2.19. The van der Waals surface area contributed by atoms with Crippen LogP contribution in [-0.2, 0) is 0 Å². The second-order valence-electron chi connectivity index (χ2n) is 4.56. The highest BCUT2D eigenvalue weighted by Crippen LogP contribution is 2.40. The van der Waals surface area contributed by atoms with Gasteiger partial charge in [-0.05, 0) is 15.9 Å². The standard InChI is InChI=1S/C11H13BrN2O3S/c1-11(2,3)18-10-7(6-13-15)4-8(14(16)17)5-9(10)12/h4-6,15H,1-3H3/b13-6+. The van der Waals surface area contributed by atoms with E-state index in [-0.39, 0.29) is 10.4 Å². The Morgan fingerprint density at radius 1 is 1.50 bits per heavy atom. The molecule has 0 saturated heterocycles. The number of rotatable bonds is 3. The number of oxime groups is 1. The summed E-state index contributed by atoms with van der Waals surface area (Å²) in [4.78, 5) is 11.1. The summed E-state index contributed by atoms with van der Waals surface area (Å²) in [5.74, 6) is 0. The molecule has 0 bridgehead atoms. The molecular weight excluding hydrogens is 320 g/mol. The molecule has 0 spiro atoms. The maximum Gasteiger partial charge on any atom is 0.271 e. The number of benzene rings is 1. The Hall–Kier alpha value is -1.08. The van der Waals surface area contributed by atoms with Gasteiger partial charge in [-0.3, -0.25) is 10.1 Å². The molecule has 0 aliphatic heterocycles. The third-order valence-electron chi connectivity index (χ3n) is 1.87. The van der Waals surface area contributed by atoms with Crippen LogP contribution in [0.1, 0.15) is 26.3 Å². The summed E-state index contributed by atoms with van der Waals surface area (Å²) in [6.07, 6.45) is 1.20. The first-order valence-electron chi connectivity index (χ1n) is 5.09. The zero-order chi connectivity index (χ0) is 13.9. The zero-order valence-corrected chi connectivity index (χ0v) is 12.6. The van der Waals surface area contributed by atoms with Crippen molar-refractivity contribution in [1.82, 2.24) is 0 Å². The summed E-state index contributed by atoms with van der Waals surface area (Å²) >= 11 is 4.86. The van der Waals surface area contributed by atoms with Crippen LogP contribution in [0.2, 0.25) is 0 Å². The SMILES string of the molecule is CC(C)(C)Sc1c(Br)cc([N+](=O)[O-])cc1/C=N/O. The van der Waals surface area contributed by atoms with E-state index in [0.29, 0.717) is 10.0 Å². The van der Waals surface area contributed by atoms with E-state index in [9.17, 15) is 10.1 Å². The Bertz CT molecular complexity index is 498. The molecule has 0 atom stereocenters. The van der Waals surface area contributed by atoms with Crippen LogP contribution in [-0.4, -0.2) is 21.1 Å². The molecule has 0 aromatic heterocycles. The van der Waals surface area contributed by atoms with E-state index in [1.54, 1.807) is 11.8 Å². The predicted molar refractivity (Wildman–Crippen MR) is 75.8 cm³/mol. The molecule has 0 aliphatic carbocycles. The fraction of sp³-hybridized carbons (Fsp3) is 0.364.